The summed E-state index contributed by atoms with van der Waals surface area (Å²) in [5.41, 5.74) is 2.12. The molecule has 3 fully saturated rings. The minimum Gasteiger partial charge on any atom is -0.313 e. The topological polar surface area (TPSA) is 72.2 Å². The van der Waals surface area contributed by atoms with Crippen molar-refractivity contribution in [3.63, 3.8) is 0 Å². The third-order valence-electron chi connectivity index (χ3n) is 10.3. The fourth-order valence-corrected chi connectivity index (χ4v) is 8.93. The lowest BCUT2D eigenvalue weighted by atomic mass is 9.46. The summed E-state index contributed by atoms with van der Waals surface area (Å²) in [4.78, 5) is 0.189. The van der Waals surface area contributed by atoms with E-state index < -0.39 is 10.0 Å². The summed E-state index contributed by atoms with van der Waals surface area (Å²) in [6.45, 7) is 6.14. The molecular formula is C27H40N2O2S. The Bertz CT molecular complexity index is 972. The summed E-state index contributed by atoms with van der Waals surface area (Å²) in [5.74, 6) is 3.62. The molecule has 0 unspecified atom stereocenters. The lowest BCUT2D eigenvalue weighted by molar-refractivity contribution is -0.0917. The van der Waals surface area contributed by atoms with Gasteiger partial charge in [-0.15, -0.1) is 0 Å². The van der Waals surface area contributed by atoms with Gasteiger partial charge in [0.15, 0.2) is 0 Å². The van der Waals surface area contributed by atoms with Crippen LogP contribution in [0, 0.1) is 34.5 Å². The summed E-state index contributed by atoms with van der Waals surface area (Å²) in [5, 5.41) is 9.14. The van der Waals surface area contributed by atoms with Gasteiger partial charge in [-0.2, -0.15) is 0 Å². The number of hydrogen-bond donors (Lipinski definition) is 2. The zero-order valence-corrected chi connectivity index (χ0v) is 20.5. The lowest BCUT2D eigenvalue weighted by Crippen LogP contribution is -2.54. The Hall–Kier alpha value is -1.17. The number of rotatable bonds is 5. The molecule has 3 saturated carbocycles. The molecule has 176 valence electrons. The number of benzene rings is 1. The van der Waals surface area contributed by atoms with E-state index in [9.17, 15) is 8.42 Å². The molecule has 5 heteroatoms. The van der Waals surface area contributed by atoms with Crippen LogP contribution in [-0.4, -0.2) is 21.0 Å². The monoisotopic (exact) mass is 456 g/mol. The van der Waals surface area contributed by atoms with E-state index in [1.165, 1.54) is 51.4 Å². The van der Waals surface area contributed by atoms with E-state index >= 15 is 0 Å². The molecule has 0 aromatic heterocycles. The van der Waals surface area contributed by atoms with Crippen LogP contribution in [-0.2, 0) is 16.4 Å². The highest BCUT2D eigenvalue weighted by molar-refractivity contribution is 7.89. The Morgan fingerprint density at radius 2 is 1.72 bits per heavy atom. The number of nitrogens with two attached hydrogens (primary N) is 1. The Morgan fingerprint density at radius 1 is 0.969 bits per heavy atom. The maximum absolute atomic E-state index is 11.5. The molecule has 7 atom stereocenters. The fraction of sp³-hybridized carbons (Fsp3) is 0.704. The minimum atomic E-state index is -3.62. The van der Waals surface area contributed by atoms with Crippen LogP contribution in [0.5, 0.6) is 0 Å². The van der Waals surface area contributed by atoms with E-state index in [0.717, 1.165) is 42.2 Å². The molecule has 1 aromatic rings. The van der Waals surface area contributed by atoms with E-state index in [0.29, 0.717) is 16.9 Å². The number of fused-ring (bicyclic) bond motifs is 5. The Kier molecular flexibility index (Phi) is 5.83. The third kappa shape index (κ3) is 3.78. The second-order valence-electron chi connectivity index (χ2n) is 11.6. The molecule has 0 spiro atoms. The van der Waals surface area contributed by atoms with Crippen LogP contribution >= 0.6 is 0 Å². The van der Waals surface area contributed by atoms with Crippen molar-refractivity contribution in [2.45, 2.75) is 82.6 Å². The molecule has 0 heterocycles. The number of allylic oxidation sites excluding steroid dienone is 2. The van der Waals surface area contributed by atoms with E-state index in [2.05, 4.69) is 31.3 Å². The largest absolute Gasteiger partial charge is 0.313 e. The van der Waals surface area contributed by atoms with Gasteiger partial charge in [-0.05, 0) is 117 Å². The molecule has 0 bridgehead atoms. The zero-order valence-electron chi connectivity index (χ0n) is 19.7. The molecule has 0 radical (unpaired) electrons. The van der Waals surface area contributed by atoms with E-state index in [1.54, 1.807) is 12.1 Å². The predicted octanol–water partition coefficient (Wildman–Crippen LogP) is 5.04. The first kappa shape index (κ1) is 22.6. The van der Waals surface area contributed by atoms with Gasteiger partial charge >= 0.3 is 0 Å². The molecule has 0 amide bonds. The highest BCUT2D eigenvalue weighted by Crippen LogP contribution is 2.65. The molecule has 0 saturated heterocycles. The number of sulfonamides is 1. The SMILES string of the molecule is C[C@]12CC=CC[C@@H]1CC[C@@H]1[C@@H]2CC[C@]2(C)[C@@H](NCCc3ccc(S(N)(=O)=O)cc3)CC[C@@H]12. The molecule has 0 aliphatic heterocycles. The van der Waals surface area contributed by atoms with Gasteiger partial charge in [0.25, 0.3) is 0 Å². The van der Waals surface area contributed by atoms with Crippen molar-refractivity contribution in [1.82, 2.24) is 5.32 Å². The van der Waals surface area contributed by atoms with Crippen molar-refractivity contribution in [1.29, 1.82) is 0 Å². The molecule has 4 aliphatic rings. The molecule has 1 aromatic carbocycles. The smallest absolute Gasteiger partial charge is 0.238 e. The van der Waals surface area contributed by atoms with Crippen LogP contribution in [0.1, 0.15) is 70.8 Å². The minimum absolute atomic E-state index is 0.189. The summed E-state index contributed by atoms with van der Waals surface area (Å²) in [6.07, 6.45) is 16.8. The molecule has 32 heavy (non-hydrogen) atoms. The third-order valence-corrected chi connectivity index (χ3v) is 11.2. The highest BCUT2D eigenvalue weighted by Gasteiger charge is 2.59. The van der Waals surface area contributed by atoms with Crippen molar-refractivity contribution in [3.8, 4) is 0 Å². The van der Waals surface area contributed by atoms with Crippen LogP contribution < -0.4 is 10.5 Å². The molecule has 3 N–H and O–H groups in total. The second-order valence-corrected chi connectivity index (χ2v) is 13.2. The van der Waals surface area contributed by atoms with Crippen LogP contribution in [0.25, 0.3) is 0 Å². The van der Waals surface area contributed by atoms with Crippen molar-refractivity contribution in [2.75, 3.05) is 6.54 Å². The van der Waals surface area contributed by atoms with Crippen molar-refractivity contribution in [3.05, 3.63) is 42.0 Å². The quantitative estimate of drug-likeness (QED) is 0.610. The summed E-state index contributed by atoms with van der Waals surface area (Å²) < 4.78 is 22.9. The van der Waals surface area contributed by atoms with Gasteiger partial charge in [0.05, 0.1) is 4.90 Å². The molecule has 5 rings (SSSR count). The van der Waals surface area contributed by atoms with Crippen LogP contribution in [0.4, 0.5) is 0 Å². The van der Waals surface area contributed by atoms with Crippen molar-refractivity contribution >= 4 is 10.0 Å². The highest BCUT2D eigenvalue weighted by atomic mass is 32.2. The molecule has 4 aliphatic carbocycles. The van der Waals surface area contributed by atoms with E-state index in [1.807, 2.05) is 12.1 Å². The normalized spacial score (nSPS) is 41.0. The van der Waals surface area contributed by atoms with Gasteiger partial charge in [0.2, 0.25) is 10.0 Å². The van der Waals surface area contributed by atoms with Gasteiger partial charge < -0.3 is 5.32 Å². The molecule has 4 nitrogen and oxygen atoms in total. The van der Waals surface area contributed by atoms with Crippen LogP contribution in [0.15, 0.2) is 41.3 Å². The maximum Gasteiger partial charge on any atom is 0.238 e. The first-order valence-electron chi connectivity index (χ1n) is 12.7. The Balaban J connectivity index is 1.22. The van der Waals surface area contributed by atoms with Gasteiger partial charge in [-0.1, -0.05) is 38.1 Å². The number of primary sulfonamides is 1. The van der Waals surface area contributed by atoms with Gasteiger partial charge in [-0.25, -0.2) is 13.6 Å². The van der Waals surface area contributed by atoms with Gasteiger partial charge in [0.1, 0.15) is 0 Å². The van der Waals surface area contributed by atoms with Crippen LogP contribution in [0.2, 0.25) is 0 Å². The second kappa shape index (κ2) is 8.25. The zero-order chi connectivity index (χ0) is 22.6. The number of hydrogen-bond acceptors (Lipinski definition) is 3. The summed E-state index contributed by atoms with van der Waals surface area (Å²) >= 11 is 0. The average Bonchev–Trinajstić information content (AvgIpc) is 3.09. The average molecular weight is 457 g/mol. The van der Waals surface area contributed by atoms with E-state index in [4.69, 9.17) is 5.14 Å². The Labute approximate surface area is 194 Å². The van der Waals surface area contributed by atoms with Gasteiger partial charge in [0, 0.05) is 6.04 Å². The molecular weight excluding hydrogens is 416 g/mol. The van der Waals surface area contributed by atoms with Crippen LogP contribution in [0.3, 0.4) is 0 Å². The summed E-state index contributed by atoms with van der Waals surface area (Å²) in [7, 11) is -3.62. The first-order chi connectivity index (χ1) is 15.2. The number of nitrogens with one attached hydrogen (secondary N) is 1. The standard InChI is InChI=1S/C27H40N2O2S/c1-26-16-4-3-5-20(26)8-11-22-23-12-13-25(27(23,2)17-14-24(22)26)29-18-15-19-6-9-21(10-7-19)32(28,30)31/h3-4,6-7,9-10,20,22-25,29H,5,8,11-18H2,1-2H3,(H2,28,30,31)/t20-,22+,23+,24+,25+,26+,27+/m1/s1. The first-order valence-corrected chi connectivity index (χ1v) is 14.3. The Morgan fingerprint density at radius 3 is 2.47 bits per heavy atom. The lowest BCUT2D eigenvalue weighted by Gasteiger charge is -2.59. The fourth-order valence-electron chi connectivity index (χ4n) is 8.41. The predicted molar refractivity (Wildman–Crippen MR) is 130 cm³/mol. The maximum atomic E-state index is 11.5. The van der Waals surface area contributed by atoms with Gasteiger partial charge in [-0.3, -0.25) is 0 Å². The van der Waals surface area contributed by atoms with Crippen molar-refractivity contribution in [2.24, 2.45) is 39.6 Å². The van der Waals surface area contributed by atoms with Crippen molar-refractivity contribution < 1.29 is 8.42 Å². The van der Waals surface area contributed by atoms with E-state index in [-0.39, 0.29) is 4.90 Å². The summed E-state index contributed by atoms with van der Waals surface area (Å²) in [6, 6.07) is 7.63.